The molecule has 0 radical (unpaired) electrons. The Labute approximate surface area is 152 Å². The molecule has 0 aliphatic heterocycles. The first-order chi connectivity index (χ1) is 12.3. The van der Waals surface area contributed by atoms with E-state index in [0.717, 1.165) is 48.0 Å². The van der Waals surface area contributed by atoms with Crippen molar-refractivity contribution in [1.29, 1.82) is 0 Å². The van der Waals surface area contributed by atoms with Crippen LogP contribution >= 0.6 is 11.3 Å². The summed E-state index contributed by atoms with van der Waals surface area (Å²) in [7, 11) is 1.71. The van der Waals surface area contributed by atoms with E-state index in [0.29, 0.717) is 0 Å². The average Bonchev–Trinajstić information content (AvgIpc) is 3.22. The van der Waals surface area contributed by atoms with Crippen molar-refractivity contribution in [1.82, 2.24) is 9.97 Å². The minimum absolute atomic E-state index is 0.854. The zero-order valence-corrected chi connectivity index (χ0v) is 15.6. The molecule has 25 heavy (non-hydrogen) atoms. The molecule has 2 aromatic heterocycles. The first-order valence-electron chi connectivity index (χ1n) is 8.96. The fourth-order valence-electron chi connectivity index (χ4n) is 3.48. The van der Waals surface area contributed by atoms with Crippen molar-refractivity contribution in [3.8, 4) is 5.75 Å². The lowest BCUT2D eigenvalue weighted by molar-refractivity contribution is 0.414. The number of aromatic nitrogens is 2. The van der Waals surface area contributed by atoms with Gasteiger partial charge in [0.15, 0.2) is 0 Å². The number of hydrogen-bond acceptors (Lipinski definition) is 5. The molecular weight excluding hydrogens is 330 g/mol. The Kier molecular flexibility index (Phi) is 4.57. The molecule has 0 bridgehead atoms. The average molecular weight is 353 g/mol. The Morgan fingerprint density at radius 3 is 3.00 bits per heavy atom. The maximum atomic E-state index is 5.31. The first kappa shape index (κ1) is 16.3. The molecular formula is C20H23N3OS. The van der Waals surface area contributed by atoms with E-state index in [1.54, 1.807) is 7.11 Å². The highest BCUT2D eigenvalue weighted by molar-refractivity contribution is 7.19. The highest BCUT2D eigenvalue weighted by atomic mass is 32.1. The highest BCUT2D eigenvalue weighted by Gasteiger charge is 2.22. The number of rotatable bonds is 6. The molecule has 0 saturated carbocycles. The molecule has 2 heterocycles. The Bertz CT molecular complexity index is 903. The molecule has 0 atom stereocenters. The van der Waals surface area contributed by atoms with Crippen LogP contribution in [-0.2, 0) is 25.7 Å². The van der Waals surface area contributed by atoms with Crippen LogP contribution in [0.15, 0.2) is 24.3 Å². The fraction of sp³-hybridized carbons (Fsp3) is 0.400. The van der Waals surface area contributed by atoms with Gasteiger partial charge < -0.3 is 10.1 Å². The molecule has 0 spiro atoms. The number of fused-ring (bicyclic) bond motifs is 3. The van der Waals surface area contributed by atoms with E-state index in [1.807, 2.05) is 23.5 Å². The Hall–Kier alpha value is -2.14. The van der Waals surface area contributed by atoms with E-state index in [9.17, 15) is 0 Å². The number of anilines is 1. The lowest BCUT2D eigenvalue weighted by Crippen LogP contribution is -2.09. The topological polar surface area (TPSA) is 47.0 Å². The van der Waals surface area contributed by atoms with Crippen LogP contribution < -0.4 is 10.1 Å². The molecule has 130 valence electrons. The molecule has 0 unspecified atom stereocenters. The van der Waals surface area contributed by atoms with Gasteiger partial charge in [0.1, 0.15) is 22.2 Å². The van der Waals surface area contributed by atoms with E-state index in [2.05, 4.69) is 24.4 Å². The van der Waals surface area contributed by atoms with Crippen LogP contribution in [0.25, 0.3) is 10.2 Å². The van der Waals surface area contributed by atoms with Crippen LogP contribution in [0.4, 0.5) is 5.82 Å². The van der Waals surface area contributed by atoms with Gasteiger partial charge in [-0.3, -0.25) is 0 Å². The summed E-state index contributed by atoms with van der Waals surface area (Å²) in [5.41, 5.74) is 2.75. The molecule has 1 aliphatic carbocycles. The van der Waals surface area contributed by atoms with Crippen molar-refractivity contribution in [2.45, 2.75) is 39.0 Å². The Morgan fingerprint density at radius 2 is 2.16 bits per heavy atom. The monoisotopic (exact) mass is 353 g/mol. The number of aryl methyl sites for hydroxylation is 3. The van der Waals surface area contributed by atoms with Crippen LogP contribution in [0.3, 0.4) is 0 Å². The van der Waals surface area contributed by atoms with Gasteiger partial charge in [-0.05, 0) is 48.9 Å². The molecule has 5 heteroatoms. The first-order valence-corrected chi connectivity index (χ1v) is 9.78. The van der Waals surface area contributed by atoms with Crippen molar-refractivity contribution in [3.05, 3.63) is 46.1 Å². The third-order valence-electron chi connectivity index (χ3n) is 4.77. The molecule has 0 amide bonds. The van der Waals surface area contributed by atoms with Crippen LogP contribution in [0.5, 0.6) is 5.75 Å². The molecule has 0 saturated heterocycles. The molecule has 3 aromatic rings. The lowest BCUT2D eigenvalue weighted by atomic mass is 10.1. The van der Waals surface area contributed by atoms with Crippen molar-refractivity contribution >= 4 is 27.4 Å². The number of methoxy groups -OCH3 is 1. The summed E-state index contributed by atoms with van der Waals surface area (Å²) in [6, 6.07) is 8.25. The summed E-state index contributed by atoms with van der Waals surface area (Å²) in [6.45, 7) is 2.97. The number of ether oxygens (including phenoxy) is 1. The zero-order valence-electron chi connectivity index (χ0n) is 14.8. The largest absolute Gasteiger partial charge is 0.497 e. The maximum Gasteiger partial charge on any atom is 0.138 e. The smallest absolute Gasteiger partial charge is 0.138 e. The van der Waals surface area contributed by atoms with Gasteiger partial charge in [0.2, 0.25) is 0 Å². The molecule has 0 fully saturated rings. The minimum atomic E-state index is 0.854. The highest BCUT2D eigenvalue weighted by Crippen LogP contribution is 2.39. The van der Waals surface area contributed by atoms with Crippen LogP contribution in [0.1, 0.15) is 35.2 Å². The maximum absolute atomic E-state index is 5.31. The van der Waals surface area contributed by atoms with Crippen molar-refractivity contribution < 1.29 is 4.74 Å². The molecule has 1 aromatic carbocycles. The van der Waals surface area contributed by atoms with E-state index in [1.165, 1.54) is 34.2 Å². The number of nitrogens with one attached hydrogen (secondary N) is 1. The van der Waals surface area contributed by atoms with Crippen LogP contribution in [0, 0.1) is 0 Å². The minimum Gasteiger partial charge on any atom is -0.497 e. The summed E-state index contributed by atoms with van der Waals surface area (Å²) in [4.78, 5) is 12.2. The molecule has 4 nitrogen and oxygen atoms in total. The summed E-state index contributed by atoms with van der Waals surface area (Å²) >= 11 is 1.86. The molecule has 1 aliphatic rings. The van der Waals surface area contributed by atoms with Gasteiger partial charge in [0.25, 0.3) is 0 Å². The number of hydrogen-bond donors (Lipinski definition) is 1. The van der Waals surface area contributed by atoms with Gasteiger partial charge in [-0.1, -0.05) is 19.1 Å². The van der Waals surface area contributed by atoms with Gasteiger partial charge in [0, 0.05) is 17.8 Å². The second-order valence-corrected chi connectivity index (χ2v) is 7.49. The SMILES string of the molecule is CCc1nc(NCCc2cccc(OC)c2)c2c3c(sc2n1)CCC3. The van der Waals surface area contributed by atoms with Crippen molar-refractivity contribution in [3.63, 3.8) is 0 Å². The standard InChI is InChI=1S/C20H23N3OS/c1-3-17-22-19(18-15-8-5-9-16(15)25-20(18)23-17)21-11-10-13-6-4-7-14(12-13)24-2/h4,6-7,12H,3,5,8-11H2,1-2H3,(H,21,22,23). The predicted octanol–water partition coefficient (Wildman–Crippen LogP) is 4.41. The zero-order chi connectivity index (χ0) is 17.2. The third kappa shape index (κ3) is 3.21. The van der Waals surface area contributed by atoms with Crippen molar-refractivity contribution in [2.75, 3.05) is 19.0 Å². The number of benzene rings is 1. The third-order valence-corrected chi connectivity index (χ3v) is 5.95. The fourth-order valence-corrected chi connectivity index (χ4v) is 4.76. The Balaban J connectivity index is 1.57. The summed E-state index contributed by atoms with van der Waals surface area (Å²) in [6.07, 6.45) is 5.42. The summed E-state index contributed by atoms with van der Waals surface area (Å²) < 4.78 is 5.31. The molecule has 4 rings (SSSR count). The van der Waals surface area contributed by atoms with E-state index in [4.69, 9.17) is 14.7 Å². The summed E-state index contributed by atoms with van der Waals surface area (Å²) in [5, 5.41) is 4.84. The predicted molar refractivity (Wildman–Crippen MR) is 104 cm³/mol. The van der Waals surface area contributed by atoms with Crippen LogP contribution in [0.2, 0.25) is 0 Å². The van der Waals surface area contributed by atoms with Gasteiger partial charge in [-0.25, -0.2) is 9.97 Å². The quantitative estimate of drug-likeness (QED) is 0.713. The van der Waals surface area contributed by atoms with Gasteiger partial charge in [-0.15, -0.1) is 11.3 Å². The normalized spacial score (nSPS) is 13.2. The van der Waals surface area contributed by atoms with E-state index < -0.39 is 0 Å². The van der Waals surface area contributed by atoms with Gasteiger partial charge in [0.05, 0.1) is 12.5 Å². The second-order valence-electron chi connectivity index (χ2n) is 6.41. The van der Waals surface area contributed by atoms with E-state index in [-0.39, 0.29) is 0 Å². The number of thiophene rings is 1. The van der Waals surface area contributed by atoms with Crippen LogP contribution in [-0.4, -0.2) is 23.6 Å². The second kappa shape index (κ2) is 7.00. The summed E-state index contributed by atoms with van der Waals surface area (Å²) in [5.74, 6) is 2.85. The van der Waals surface area contributed by atoms with Gasteiger partial charge >= 0.3 is 0 Å². The van der Waals surface area contributed by atoms with Crippen molar-refractivity contribution in [2.24, 2.45) is 0 Å². The lowest BCUT2D eigenvalue weighted by Gasteiger charge is -2.10. The Morgan fingerprint density at radius 1 is 1.24 bits per heavy atom. The van der Waals surface area contributed by atoms with Gasteiger partial charge in [-0.2, -0.15) is 0 Å². The number of nitrogens with zero attached hydrogens (tertiary/aromatic N) is 2. The molecule has 1 N–H and O–H groups in total. The van der Waals surface area contributed by atoms with E-state index >= 15 is 0 Å².